The number of amides is 2. The quantitative estimate of drug-likeness (QED) is 0.901. The van der Waals surface area contributed by atoms with E-state index < -0.39 is 0 Å². The maximum absolute atomic E-state index is 13.2. The van der Waals surface area contributed by atoms with Gasteiger partial charge in [0.2, 0.25) is 0 Å². The van der Waals surface area contributed by atoms with Crippen molar-refractivity contribution in [3.05, 3.63) is 59.5 Å². The lowest BCUT2D eigenvalue weighted by molar-refractivity contribution is 0.0815. The van der Waals surface area contributed by atoms with Gasteiger partial charge in [0.25, 0.3) is 0 Å². The third-order valence-electron chi connectivity index (χ3n) is 4.09. The van der Waals surface area contributed by atoms with Gasteiger partial charge in [-0.15, -0.1) is 0 Å². The third kappa shape index (κ3) is 3.89. The molecule has 1 fully saturated rings. The molecule has 2 atom stereocenters. The van der Waals surface area contributed by atoms with Crippen LogP contribution in [0, 0.1) is 12.7 Å². The highest BCUT2D eigenvalue weighted by molar-refractivity contribution is 5.89. The summed E-state index contributed by atoms with van der Waals surface area (Å²) in [5.41, 5.74) is 1.69. The number of hydrogen-bond donors (Lipinski definition) is 2. The largest absolute Gasteiger partial charge is 0.376 e. The summed E-state index contributed by atoms with van der Waals surface area (Å²) in [4.78, 5) is 16.5. The van der Waals surface area contributed by atoms with Crippen LogP contribution in [0.5, 0.6) is 0 Å². The Morgan fingerprint density at radius 3 is 2.79 bits per heavy atom. The van der Waals surface area contributed by atoms with Crippen LogP contribution in [0.2, 0.25) is 0 Å². The van der Waals surface area contributed by atoms with Crippen molar-refractivity contribution in [2.45, 2.75) is 31.9 Å². The SMILES string of the molecule is Cc1cccnc1NC(=O)N[C@@H](c1ccc(F)cc1)[C@@H]1CCCO1. The van der Waals surface area contributed by atoms with Crippen LogP contribution >= 0.6 is 0 Å². The second kappa shape index (κ2) is 7.40. The standard InChI is InChI=1S/C18H20FN3O2/c1-12-4-2-10-20-17(12)22-18(23)21-16(15-5-3-11-24-15)13-6-8-14(19)9-7-13/h2,4,6-10,15-16H,3,5,11H2,1H3,(H2,20,21,22,23)/t15-,16-/m0/s1. The summed E-state index contributed by atoms with van der Waals surface area (Å²) in [7, 11) is 0. The van der Waals surface area contributed by atoms with E-state index in [1.807, 2.05) is 19.1 Å². The Morgan fingerprint density at radius 2 is 2.12 bits per heavy atom. The van der Waals surface area contributed by atoms with Crippen LogP contribution in [0.1, 0.15) is 30.0 Å². The predicted octanol–water partition coefficient (Wildman–Crippen LogP) is 3.57. The molecule has 0 bridgehead atoms. The predicted molar refractivity (Wildman–Crippen MR) is 89.2 cm³/mol. The molecule has 2 heterocycles. The maximum atomic E-state index is 13.2. The minimum atomic E-state index is -0.360. The molecule has 0 spiro atoms. The van der Waals surface area contributed by atoms with Gasteiger partial charge in [-0.3, -0.25) is 5.32 Å². The van der Waals surface area contributed by atoms with E-state index in [9.17, 15) is 9.18 Å². The average molecular weight is 329 g/mol. The van der Waals surface area contributed by atoms with E-state index in [0.717, 1.165) is 24.0 Å². The summed E-state index contributed by atoms with van der Waals surface area (Å²) in [6.07, 6.45) is 3.31. The first-order chi connectivity index (χ1) is 11.6. The Kier molecular flexibility index (Phi) is 5.05. The van der Waals surface area contributed by atoms with E-state index in [0.29, 0.717) is 12.4 Å². The van der Waals surface area contributed by atoms with E-state index in [-0.39, 0.29) is 24.0 Å². The zero-order chi connectivity index (χ0) is 16.9. The number of halogens is 1. The van der Waals surface area contributed by atoms with Crippen LogP contribution in [-0.2, 0) is 4.74 Å². The molecule has 1 aliphatic rings. The van der Waals surface area contributed by atoms with Crippen LogP contribution in [0.4, 0.5) is 15.0 Å². The monoisotopic (exact) mass is 329 g/mol. The summed E-state index contributed by atoms with van der Waals surface area (Å²) in [5, 5.41) is 5.69. The van der Waals surface area contributed by atoms with Crippen LogP contribution in [0.15, 0.2) is 42.6 Å². The summed E-state index contributed by atoms with van der Waals surface area (Å²) in [6, 6.07) is 9.12. The van der Waals surface area contributed by atoms with E-state index >= 15 is 0 Å². The average Bonchev–Trinajstić information content (AvgIpc) is 3.10. The van der Waals surface area contributed by atoms with Gasteiger partial charge in [0.1, 0.15) is 11.6 Å². The fourth-order valence-electron chi connectivity index (χ4n) is 2.83. The number of anilines is 1. The minimum absolute atomic E-state index is 0.119. The lowest BCUT2D eigenvalue weighted by atomic mass is 9.99. The van der Waals surface area contributed by atoms with Crippen molar-refractivity contribution >= 4 is 11.8 Å². The molecule has 0 radical (unpaired) electrons. The topological polar surface area (TPSA) is 63.2 Å². The second-order valence-electron chi connectivity index (χ2n) is 5.85. The molecule has 3 rings (SSSR count). The van der Waals surface area contributed by atoms with Crippen LogP contribution in [-0.4, -0.2) is 23.7 Å². The molecule has 0 aliphatic carbocycles. The van der Waals surface area contributed by atoms with Gasteiger partial charge < -0.3 is 10.1 Å². The molecule has 24 heavy (non-hydrogen) atoms. The fraction of sp³-hybridized carbons (Fsp3) is 0.333. The first kappa shape index (κ1) is 16.4. The number of ether oxygens (including phenoxy) is 1. The van der Waals surface area contributed by atoms with Gasteiger partial charge in [-0.25, -0.2) is 14.2 Å². The molecule has 1 aliphatic heterocycles. The number of pyridine rings is 1. The Bertz CT molecular complexity index is 700. The Balaban J connectivity index is 1.75. The molecule has 1 aromatic heterocycles. The number of urea groups is 1. The minimum Gasteiger partial charge on any atom is -0.376 e. The Hall–Kier alpha value is -2.47. The number of rotatable bonds is 4. The molecular weight excluding hydrogens is 309 g/mol. The van der Waals surface area contributed by atoms with Crippen molar-refractivity contribution in [2.24, 2.45) is 0 Å². The lowest BCUT2D eigenvalue weighted by Crippen LogP contribution is -2.39. The first-order valence-corrected chi connectivity index (χ1v) is 7.99. The zero-order valence-corrected chi connectivity index (χ0v) is 13.5. The van der Waals surface area contributed by atoms with Crippen molar-refractivity contribution in [2.75, 3.05) is 11.9 Å². The number of benzene rings is 1. The van der Waals surface area contributed by atoms with Crippen LogP contribution < -0.4 is 10.6 Å². The van der Waals surface area contributed by atoms with Gasteiger partial charge in [-0.2, -0.15) is 0 Å². The number of aryl methyl sites for hydroxylation is 1. The molecular formula is C18H20FN3O2. The van der Waals surface area contributed by atoms with E-state index in [1.165, 1.54) is 12.1 Å². The molecule has 2 amide bonds. The van der Waals surface area contributed by atoms with Crippen molar-refractivity contribution in [3.8, 4) is 0 Å². The summed E-state index contributed by atoms with van der Waals surface area (Å²) < 4.78 is 18.9. The second-order valence-corrected chi connectivity index (χ2v) is 5.85. The van der Waals surface area contributed by atoms with Crippen molar-refractivity contribution in [3.63, 3.8) is 0 Å². The molecule has 5 nitrogen and oxygen atoms in total. The van der Waals surface area contributed by atoms with Gasteiger partial charge in [-0.05, 0) is 49.1 Å². The van der Waals surface area contributed by atoms with Gasteiger partial charge in [0, 0.05) is 12.8 Å². The van der Waals surface area contributed by atoms with E-state index in [1.54, 1.807) is 18.3 Å². The summed E-state index contributed by atoms with van der Waals surface area (Å²) in [6.45, 7) is 2.55. The van der Waals surface area contributed by atoms with Crippen molar-refractivity contribution in [1.29, 1.82) is 0 Å². The summed E-state index contributed by atoms with van der Waals surface area (Å²) >= 11 is 0. The van der Waals surface area contributed by atoms with Crippen LogP contribution in [0.3, 0.4) is 0 Å². The fourth-order valence-corrected chi connectivity index (χ4v) is 2.83. The molecule has 126 valence electrons. The maximum Gasteiger partial charge on any atom is 0.320 e. The Labute approximate surface area is 140 Å². The van der Waals surface area contributed by atoms with E-state index in [2.05, 4.69) is 15.6 Å². The molecule has 1 aromatic carbocycles. The highest BCUT2D eigenvalue weighted by Crippen LogP contribution is 2.27. The van der Waals surface area contributed by atoms with Crippen molar-refractivity contribution < 1.29 is 13.9 Å². The van der Waals surface area contributed by atoms with Gasteiger partial charge in [0.05, 0.1) is 12.1 Å². The first-order valence-electron chi connectivity index (χ1n) is 7.99. The van der Waals surface area contributed by atoms with Gasteiger partial charge >= 0.3 is 6.03 Å². The third-order valence-corrected chi connectivity index (χ3v) is 4.09. The van der Waals surface area contributed by atoms with Gasteiger partial charge in [0.15, 0.2) is 0 Å². The van der Waals surface area contributed by atoms with E-state index in [4.69, 9.17) is 4.74 Å². The van der Waals surface area contributed by atoms with Crippen LogP contribution in [0.25, 0.3) is 0 Å². The normalized spacial score (nSPS) is 18.2. The Morgan fingerprint density at radius 1 is 1.33 bits per heavy atom. The molecule has 0 saturated carbocycles. The highest BCUT2D eigenvalue weighted by Gasteiger charge is 2.29. The molecule has 6 heteroatoms. The van der Waals surface area contributed by atoms with Crippen molar-refractivity contribution in [1.82, 2.24) is 10.3 Å². The number of carbonyl (C=O) groups is 1. The molecule has 0 unspecified atom stereocenters. The number of hydrogen-bond acceptors (Lipinski definition) is 3. The smallest absolute Gasteiger partial charge is 0.320 e. The zero-order valence-electron chi connectivity index (χ0n) is 13.5. The molecule has 2 N–H and O–H groups in total. The molecule has 2 aromatic rings. The number of aromatic nitrogens is 1. The molecule has 1 saturated heterocycles. The summed E-state index contributed by atoms with van der Waals surface area (Å²) in [5.74, 6) is 0.207. The number of nitrogens with zero attached hydrogens (tertiary/aromatic N) is 1. The highest BCUT2D eigenvalue weighted by atomic mass is 19.1. The number of carbonyl (C=O) groups excluding carboxylic acids is 1. The lowest BCUT2D eigenvalue weighted by Gasteiger charge is -2.25. The van der Waals surface area contributed by atoms with Gasteiger partial charge in [-0.1, -0.05) is 18.2 Å². The number of nitrogens with one attached hydrogen (secondary N) is 2.